The van der Waals surface area contributed by atoms with E-state index in [0.29, 0.717) is 0 Å². The first-order chi connectivity index (χ1) is 8.79. The number of hydrogen-bond acceptors (Lipinski definition) is 4. The van der Waals surface area contributed by atoms with E-state index in [-0.39, 0.29) is 6.10 Å². The second-order valence-electron chi connectivity index (χ2n) is 4.31. The van der Waals surface area contributed by atoms with Crippen molar-refractivity contribution in [1.29, 1.82) is 0 Å². The van der Waals surface area contributed by atoms with Gasteiger partial charge < -0.3 is 15.4 Å². The van der Waals surface area contributed by atoms with Crippen LogP contribution < -0.4 is 10.6 Å². The molecule has 0 spiro atoms. The summed E-state index contributed by atoms with van der Waals surface area (Å²) in [6.07, 6.45) is 3.82. The predicted molar refractivity (Wildman–Crippen MR) is 71.3 cm³/mol. The topological polar surface area (TPSA) is 81.7 Å². The minimum Gasteiger partial charge on any atom is -0.369 e. The molecule has 7 heteroatoms. The van der Waals surface area contributed by atoms with E-state index in [1.54, 1.807) is 0 Å². The first-order valence-corrected chi connectivity index (χ1v) is 6.72. The van der Waals surface area contributed by atoms with Crippen molar-refractivity contribution in [3.05, 3.63) is 16.9 Å². The zero-order valence-corrected chi connectivity index (χ0v) is 11.5. The summed E-state index contributed by atoms with van der Waals surface area (Å²) in [6, 6.07) is 0. The average molecular weight is 313 g/mol. The van der Waals surface area contributed by atoms with Gasteiger partial charge in [0, 0.05) is 19.3 Å². The summed E-state index contributed by atoms with van der Waals surface area (Å²) in [7, 11) is 0. The molecule has 18 heavy (non-hydrogen) atoms. The Hall–Kier alpha value is -1.18. The van der Waals surface area contributed by atoms with Crippen molar-refractivity contribution in [3.63, 3.8) is 0 Å². The monoisotopic (exact) mass is 312 g/mol. The summed E-state index contributed by atoms with van der Waals surface area (Å²) < 4.78 is 6.64. The molecule has 0 radical (unpaired) electrons. The molecule has 1 aliphatic rings. The highest BCUT2D eigenvalue weighted by molar-refractivity contribution is 9.10. The number of pyridine rings is 1. The quantitative estimate of drug-likeness (QED) is 0.828. The van der Waals surface area contributed by atoms with Gasteiger partial charge in [0.15, 0.2) is 5.65 Å². The van der Waals surface area contributed by atoms with Crippen molar-refractivity contribution in [3.8, 4) is 0 Å². The Balaban J connectivity index is 2.02. The second kappa shape index (κ2) is 4.83. The maximum Gasteiger partial charge on any atom is 0.157 e. The first-order valence-electron chi connectivity index (χ1n) is 5.93. The molecule has 0 bridgehead atoms. The molecule has 1 saturated heterocycles. The molecule has 6 nitrogen and oxygen atoms in total. The van der Waals surface area contributed by atoms with E-state index < -0.39 is 0 Å². The van der Waals surface area contributed by atoms with Crippen molar-refractivity contribution in [2.75, 3.05) is 31.1 Å². The number of anilines is 1. The maximum atomic E-state index is 5.65. The Labute approximate surface area is 113 Å². The van der Waals surface area contributed by atoms with Crippen LogP contribution in [0.4, 0.5) is 5.69 Å². The third-order valence-corrected chi connectivity index (χ3v) is 3.76. The van der Waals surface area contributed by atoms with Crippen LogP contribution >= 0.6 is 15.9 Å². The fraction of sp³-hybridized carbons (Fsp3) is 0.455. The Morgan fingerprint density at radius 3 is 3.28 bits per heavy atom. The summed E-state index contributed by atoms with van der Waals surface area (Å²) in [4.78, 5) is 6.61. The highest BCUT2D eigenvalue weighted by Gasteiger charge is 2.24. The smallest absolute Gasteiger partial charge is 0.157 e. The zero-order chi connectivity index (χ0) is 12.5. The van der Waals surface area contributed by atoms with Gasteiger partial charge in [-0.3, -0.25) is 5.10 Å². The van der Waals surface area contributed by atoms with Crippen LogP contribution in [-0.4, -0.2) is 47.5 Å². The highest BCUT2D eigenvalue weighted by Crippen LogP contribution is 2.33. The van der Waals surface area contributed by atoms with Crippen LogP contribution in [0.5, 0.6) is 0 Å². The van der Waals surface area contributed by atoms with Gasteiger partial charge in [0.25, 0.3) is 0 Å². The van der Waals surface area contributed by atoms with E-state index in [9.17, 15) is 0 Å². The van der Waals surface area contributed by atoms with Crippen molar-refractivity contribution >= 4 is 32.7 Å². The number of halogens is 1. The van der Waals surface area contributed by atoms with Crippen LogP contribution in [0.3, 0.4) is 0 Å². The number of H-pyrrole nitrogens is 1. The molecule has 0 saturated carbocycles. The van der Waals surface area contributed by atoms with Gasteiger partial charge >= 0.3 is 0 Å². The molecule has 0 aromatic carbocycles. The summed E-state index contributed by atoms with van der Waals surface area (Å²) in [5.41, 5.74) is 5.86. The van der Waals surface area contributed by atoms with Gasteiger partial charge in [-0.05, 0) is 15.9 Å². The average Bonchev–Trinajstić information content (AvgIpc) is 2.87. The largest absolute Gasteiger partial charge is 0.369 e. The molecule has 1 atom stereocenters. The second-order valence-corrected chi connectivity index (χ2v) is 5.17. The van der Waals surface area contributed by atoms with Gasteiger partial charge in [0.1, 0.15) is 12.6 Å². The van der Waals surface area contributed by atoms with E-state index in [1.807, 2.05) is 12.4 Å². The summed E-state index contributed by atoms with van der Waals surface area (Å²) >= 11 is 3.58. The minimum absolute atomic E-state index is 0.195. The molecule has 0 amide bonds. The molecule has 4 N–H and O–H groups in total. The van der Waals surface area contributed by atoms with Crippen LogP contribution in [0.25, 0.3) is 11.0 Å². The lowest BCUT2D eigenvalue weighted by Crippen LogP contribution is -2.60. The van der Waals surface area contributed by atoms with Crippen LogP contribution in [0, 0.1) is 0 Å². The number of hydrogen-bond donors (Lipinski definition) is 2. The predicted octanol–water partition coefficient (Wildman–Crippen LogP) is 0.167. The number of nitrogens with zero attached hydrogens (tertiary/aromatic N) is 3. The number of aromatic nitrogens is 3. The highest BCUT2D eigenvalue weighted by atomic mass is 79.9. The molecule has 0 unspecified atom stereocenters. The van der Waals surface area contributed by atoms with Crippen molar-refractivity contribution in [2.24, 2.45) is 0 Å². The Bertz CT molecular complexity index is 557. The number of rotatable bonds is 2. The SMILES string of the molecule is [NH3+]C[C@H]1CN(c2c(Br)cnc3[nH]ncc23)CCO1. The molecule has 1 aliphatic heterocycles. The number of aromatic amines is 1. The van der Waals surface area contributed by atoms with Gasteiger partial charge in [-0.2, -0.15) is 5.10 Å². The fourth-order valence-corrected chi connectivity index (χ4v) is 2.85. The maximum absolute atomic E-state index is 5.65. The normalized spacial score (nSPS) is 20.6. The molecular weight excluding hydrogens is 298 g/mol. The Kier molecular flexibility index (Phi) is 3.19. The number of fused-ring (bicyclic) bond motifs is 1. The standard InChI is InChI=1S/C11H14BrN5O/c12-9-5-14-11-8(4-15-16-11)10(9)17-1-2-18-7(3-13)6-17/h4-5,7H,1-3,6,13H2,(H,14,15,16)/p+1/t7-/m0/s1. The molecule has 2 aromatic heterocycles. The van der Waals surface area contributed by atoms with E-state index in [4.69, 9.17) is 4.74 Å². The lowest BCUT2D eigenvalue weighted by Gasteiger charge is -2.33. The van der Waals surface area contributed by atoms with Crippen LogP contribution in [0.15, 0.2) is 16.9 Å². The Morgan fingerprint density at radius 2 is 2.44 bits per heavy atom. The van der Waals surface area contributed by atoms with Crippen molar-refractivity contribution in [1.82, 2.24) is 15.2 Å². The molecule has 96 valence electrons. The summed E-state index contributed by atoms with van der Waals surface area (Å²) in [5.74, 6) is 0. The van der Waals surface area contributed by atoms with Crippen molar-refractivity contribution < 1.29 is 10.5 Å². The molecule has 0 aliphatic carbocycles. The van der Waals surface area contributed by atoms with Gasteiger partial charge in [-0.25, -0.2) is 4.98 Å². The molecule has 1 fully saturated rings. The number of ether oxygens (including phenoxy) is 1. The molecule has 3 rings (SSSR count). The van der Waals surface area contributed by atoms with Crippen molar-refractivity contribution in [2.45, 2.75) is 6.10 Å². The Morgan fingerprint density at radius 1 is 1.56 bits per heavy atom. The summed E-state index contributed by atoms with van der Waals surface area (Å²) in [6.45, 7) is 3.24. The van der Waals surface area contributed by atoms with Crippen LogP contribution in [0.2, 0.25) is 0 Å². The van der Waals surface area contributed by atoms with Crippen LogP contribution in [0.1, 0.15) is 0 Å². The number of morpholine rings is 1. The third kappa shape index (κ3) is 1.98. The minimum atomic E-state index is 0.195. The van der Waals surface area contributed by atoms with Gasteiger partial charge in [-0.15, -0.1) is 0 Å². The van der Waals surface area contributed by atoms with E-state index in [0.717, 1.165) is 47.4 Å². The van der Waals surface area contributed by atoms with E-state index in [1.165, 1.54) is 0 Å². The molecule has 3 heterocycles. The molecular formula is C11H15BrN5O+. The van der Waals surface area contributed by atoms with E-state index in [2.05, 4.69) is 41.7 Å². The first kappa shape index (κ1) is 11.9. The number of nitrogens with one attached hydrogen (secondary N) is 1. The van der Waals surface area contributed by atoms with E-state index >= 15 is 0 Å². The summed E-state index contributed by atoms with van der Waals surface area (Å²) in [5, 5.41) is 7.99. The lowest BCUT2D eigenvalue weighted by atomic mass is 10.2. The van der Waals surface area contributed by atoms with Gasteiger partial charge in [0.2, 0.25) is 0 Å². The number of quaternary nitrogens is 1. The van der Waals surface area contributed by atoms with Crippen LogP contribution in [-0.2, 0) is 4.74 Å². The van der Waals surface area contributed by atoms with Gasteiger partial charge in [0.05, 0.1) is 28.4 Å². The lowest BCUT2D eigenvalue weighted by molar-refractivity contribution is -0.386. The molecule has 2 aromatic rings. The van der Waals surface area contributed by atoms with Gasteiger partial charge in [-0.1, -0.05) is 0 Å². The fourth-order valence-electron chi connectivity index (χ4n) is 2.28. The third-order valence-electron chi connectivity index (χ3n) is 3.18. The zero-order valence-electron chi connectivity index (χ0n) is 9.90.